The lowest BCUT2D eigenvalue weighted by molar-refractivity contribution is -0.137. The number of hydrogen-bond donors (Lipinski definition) is 0. The van der Waals surface area contributed by atoms with Crippen LogP contribution in [0.3, 0.4) is 0 Å². The first kappa shape index (κ1) is 9.59. The minimum atomic E-state index is -4.47. The van der Waals surface area contributed by atoms with E-state index in [2.05, 4.69) is 6.92 Å². The van der Waals surface area contributed by atoms with Gasteiger partial charge in [-0.1, -0.05) is 6.07 Å². The molecule has 1 rings (SSSR count). The van der Waals surface area contributed by atoms with Gasteiger partial charge in [-0.15, -0.1) is 0 Å². The van der Waals surface area contributed by atoms with Crippen molar-refractivity contribution in [2.75, 3.05) is 0 Å². The highest BCUT2D eigenvalue weighted by molar-refractivity contribution is 5.42. The number of halogens is 3. The summed E-state index contributed by atoms with van der Waals surface area (Å²) in [4.78, 5) is 0. The molecule has 0 aliphatic heterocycles. The lowest BCUT2D eigenvalue weighted by Crippen LogP contribution is -2.07. The second-order valence-corrected chi connectivity index (χ2v) is 2.49. The fourth-order valence-corrected chi connectivity index (χ4v) is 0.931. The van der Waals surface area contributed by atoms with Gasteiger partial charge in [-0.25, -0.2) is 0 Å². The van der Waals surface area contributed by atoms with Crippen molar-refractivity contribution in [3.05, 3.63) is 41.8 Å². The number of nitriles is 1. The predicted octanol–water partition coefficient (Wildman–Crippen LogP) is 2.76. The molecule has 0 saturated heterocycles. The Balaban J connectivity index is 3.32. The summed E-state index contributed by atoms with van der Waals surface area (Å²) in [6.45, 7) is 3.43. The maximum Gasteiger partial charge on any atom is 0.417 e. The van der Waals surface area contributed by atoms with E-state index in [1.807, 2.05) is 0 Å². The average molecular weight is 184 g/mol. The maximum atomic E-state index is 12.2. The van der Waals surface area contributed by atoms with Crippen LogP contribution in [0, 0.1) is 18.3 Å². The fourth-order valence-electron chi connectivity index (χ4n) is 0.931. The highest BCUT2D eigenvalue weighted by atomic mass is 19.4. The minimum Gasteiger partial charge on any atom is -0.192 e. The molecular weight excluding hydrogens is 179 g/mol. The Kier molecular flexibility index (Phi) is 2.28. The summed E-state index contributed by atoms with van der Waals surface area (Å²) in [7, 11) is 0. The normalized spacial score (nSPS) is 11.0. The summed E-state index contributed by atoms with van der Waals surface area (Å²) in [6, 6.07) is 4.68. The van der Waals surface area contributed by atoms with Crippen LogP contribution in [0.15, 0.2) is 18.2 Å². The van der Waals surface area contributed by atoms with E-state index in [-0.39, 0.29) is 5.56 Å². The SMILES string of the molecule is [CH2]c1ccc(C(F)(F)F)c(C#N)c1. The molecule has 0 bridgehead atoms. The van der Waals surface area contributed by atoms with Crippen LogP contribution in [0.2, 0.25) is 0 Å². The van der Waals surface area contributed by atoms with Crippen LogP contribution in [-0.4, -0.2) is 0 Å². The first-order valence-electron chi connectivity index (χ1n) is 3.38. The average Bonchev–Trinajstić information content (AvgIpc) is 2.01. The molecule has 0 N–H and O–H groups in total. The summed E-state index contributed by atoms with van der Waals surface area (Å²) in [5.74, 6) is 0. The van der Waals surface area contributed by atoms with Crippen molar-refractivity contribution in [1.29, 1.82) is 5.26 Å². The number of nitrogens with zero attached hydrogens (tertiary/aromatic N) is 1. The van der Waals surface area contributed by atoms with E-state index in [0.29, 0.717) is 5.56 Å². The molecule has 0 heterocycles. The largest absolute Gasteiger partial charge is 0.417 e. The Labute approximate surface area is 73.4 Å². The van der Waals surface area contributed by atoms with Gasteiger partial charge in [0.25, 0.3) is 0 Å². The highest BCUT2D eigenvalue weighted by Crippen LogP contribution is 2.31. The van der Waals surface area contributed by atoms with Crippen molar-refractivity contribution in [2.45, 2.75) is 6.18 Å². The molecule has 13 heavy (non-hydrogen) atoms. The third-order valence-corrected chi connectivity index (χ3v) is 1.51. The molecule has 1 nitrogen and oxygen atoms in total. The summed E-state index contributed by atoms with van der Waals surface area (Å²) in [6.07, 6.45) is -4.47. The van der Waals surface area contributed by atoms with E-state index < -0.39 is 11.7 Å². The molecule has 1 aromatic rings. The van der Waals surface area contributed by atoms with Crippen molar-refractivity contribution in [3.63, 3.8) is 0 Å². The van der Waals surface area contributed by atoms with Crippen molar-refractivity contribution in [1.82, 2.24) is 0 Å². The lowest BCUT2D eigenvalue weighted by Gasteiger charge is -2.08. The van der Waals surface area contributed by atoms with Gasteiger partial charge in [-0.2, -0.15) is 18.4 Å². The Hall–Kier alpha value is -1.50. The van der Waals surface area contributed by atoms with E-state index in [0.717, 1.165) is 12.1 Å². The zero-order valence-electron chi connectivity index (χ0n) is 6.52. The van der Waals surface area contributed by atoms with E-state index in [4.69, 9.17) is 5.26 Å². The molecule has 0 atom stereocenters. The lowest BCUT2D eigenvalue weighted by atomic mass is 10.1. The van der Waals surface area contributed by atoms with Crippen molar-refractivity contribution in [2.24, 2.45) is 0 Å². The second kappa shape index (κ2) is 3.09. The molecule has 0 aliphatic rings. The second-order valence-electron chi connectivity index (χ2n) is 2.49. The van der Waals surface area contributed by atoms with Crippen LogP contribution in [0.1, 0.15) is 16.7 Å². The van der Waals surface area contributed by atoms with Crippen LogP contribution < -0.4 is 0 Å². The van der Waals surface area contributed by atoms with E-state index in [9.17, 15) is 13.2 Å². The number of benzene rings is 1. The van der Waals surface area contributed by atoms with Gasteiger partial charge >= 0.3 is 6.18 Å². The van der Waals surface area contributed by atoms with Gasteiger partial charge in [-0.3, -0.25) is 0 Å². The van der Waals surface area contributed by atoms with Crippen LogP contribution in [0.4, 0.5) is 13.2 Å². The Bertz CT molecular complexity index is 360. The number of rotatable bonds is 0. The Morgan fingerprint density at radius 2 is 1.92 bits per heavy atom. The smallest absolute Gasteiger partial charge is 0.192 e. The van der Waals surface area contributed by atoms with Crippen molar-refractivity contribution < 1.29 is 13.2 Å². The molecule has 0 spiro atoms. The van der Waals surface area contributed by atoms with Gasteiger partial charge in [0.2, 0.25) is 0 Å². The maximum absolute atomic E-state index is 12.2. The van der Waals surface area contributed by atoms with Crippen LogP contribution in [-0.2, 0) is 6.18 Å². The summed E-state index contributed by atoms with van der Waals surface area (Å²) in [5.41, 5.74) is -0.910. The summed E-state index contributed by atoms with van der Waals surface area (Å²) >= 11 is 0. The number of hydrogen-bond acceptors (Lipinski definition) is 1. The Morgan fingerprint density at radius 1 is 1.31 bits per heavy atom. The molecule has 0 unspecified atom stereocenters. The van der Waals surface area contributed by atoms with Crippen LogP contribution >= 0.6 is 0 Å². The van der Waals surface area contributed by atoms with Gasteiger partial charge < -0.3 is 0 Å². The van der Waals surface area contributed by atoms with Gasteiger partial charge in [-0.05, 0) is 24.6 Å². The predicted molar refractivity (Wildman–Crippen MR) is 40.6 cm³/mol. The van der Waals surface area contributed by atoms with Crippen LogP contribution in [0.25, 0.3) is 0 Å². The van der Waals surface area contributed by atoms with Crippen LogP contribution in [0.5, 0.6) is 0 Å². The zero-order valence-corrected chi connectivity index (χ0v) is 6.52. The van der Waals surface area contributed by atoms with Gasteiger partial charge in [0.05, 0.1) is 17.2 Å². The monoisotopic (exact) mass is 184 g/mol. The number of alkyl halides is 3. The van der Waals surface area contributed by atoms with E-state index in [1.165, 1.54) is 12.1 Å². The molecule has 0 aromatic heterocycles. The van der Waals surface area contributed by atoms with E-state index in [1.54, 1.807) is 0 Å². The summed E-state index contributed by atoms with van der Waals surface area (Å²) < 4.78 is 36.6. The molecular formula is C9H5F3N. The van der Waals surface area contributed by atoms with Crippen molar-refractivity contribution >= 4 is 0 Å². The quantitative estimate of drug-likeness (QED) is 0.608. The first-order chi connectivity index (χ1) is 5.95. The zero-order chi connectivity index (χ0) is 10.1. The molecule has 0 aliphatic carbocycles. The molecule has 4 heteroatoms. The topological polar surface area (TPSA) is 23.8 Å². The summed E-state index contributed by atoms with van der Waals surface area (Å²) in [5, 5.41) is 8.43. The minimum absolute atomic E-state index is 0.389. The van der Waals surface area contributed by atoms with Gasteiger partial charge in [0, 0.05) is 0 Å². The molecule has 0 saturated carbocycles. The standard InChI is InChI=1S/C9H5F3N/c1-6-2-3-8(9(10,11)12)7(4-6)5-13/h2-4H,1H2. The fraction of sp³-hybridized carbons (Fsp3) is 0.111. The molecule has 0 amide bonds. The van der Waals surface area contributed by atoms with Gasteiger partial charge in [0.1, 0.15) is 0 Å². The first-order valence-corrected chi connectivity index (χ1v) is 3.38. The third kappa shape index (κ3) is 2.00. The molecule has 1 radical (unpaired) electrons. The molecule has 67 valence electrons. The Morgan fingerprint density at radius 3 is 2.38 bits per heavy atom. The van der Waals surface area contributed by atoms with Crippen molar-refractivity contribution in [3.8, 4) is 6.07 Å². The molecule has 1 aromatic carbocycles. The highest BCUT2D eigenvalue weighted by Gasteiger charge is 2.33. The molecule has 0 fully saturated rings. The van der Waals surface area contributed by atoms with E-state index >= 15 is 0 Å². The van der Waals surface area contributed by atoms with Gasteiger partial charge in [0.15, 0.2) is 0 Å². The third-order valence-electron chi connectivity index (χ3n) is 1.51.